The van der Waals surface area contributed by atoms with Crippen LogP contribution in [0.2, 0.25) is 0 Å². The van der Waals surface area contributed by atoms with E-state index in [0.29, 0.717) is 23.4 Å². The monoisotopic (exact) mass is 364 g/mol. The van der Waals surface area contributed by atoms with E-state index in [0.717, 1.165) is 0 Å². The van der Waals surface area contributed by atoms with Crippen LogP contribution < -0.4 is 5.32 Å². The Hall–Kier alpha value is -3.28. The molecule has 0 spiro atoms. The number of imide groups is 1. The summed E-state index contributed by atoms with van der Waals surface area (Å²) in [6.45, 7) is 5.68. The fourth-order valence-electron chi connectivity index (χ4n) is 2.95. The Bertz CT molecular complexity index is 945. The zero-order chi connectivity index (χ0) is 19.7. The zero-order valence-corrected chi connectivity index (χ0v) is 15.4. The first-order chi connectivity index (χ1) is 12.8. The van der Waals surface area contributed by atoms with E-state index in [1.165, 1.54) is 30.0 Å². The topological polar surface area (TPSA) is 83.6 Å². The average Bonchev–Trinajstić information content (AvgIpc) is 2.86. The van der Waals surface area contributed by atoms with Crippen LogP contribution in [0.4, 0.5) is 5.69 Å². The number of rotatable bonds is 5. The van der Waals surface area contributed by atoms with Gasteiger partial charge in [-0.1, -0.05) is 13.8 Å². The van der Waals surface area contributed by atoms with E-state index in [1.54, 1.807) is 24.3 Å². The van der Waals surface area contributed by atoms with Crippen LogP contribution in [0.25, 0.3) is 0 Å². The van der Waals surface area contributed by atoms with Gasteiger partial charge >= 0.3 is 0 Å². The van der Waals surface area contributed by atoms with Crippen molar-refractivity contribution < 1.29 is 19.2 Å². The van der Waals surface area contributed by atoms with Crippen LogP contribution >= 0.6 is 0 Å². The molecule has 0 aliphatic carbocycles. The third-order valence-corrected chi connectivity index (χ3v) is 4.33. The largest absolute Gasteiger partial charge is 0.322 e. The Morgan fingerprint density at radius 2 is 1.52 bits per heavy atom. The van der Waals surface area contributed by atoms with Gasteiger partial charge in [-0.15, -0.1) is 0 Å². The van der Waals surface area contributed by atoms with Crippen molar-refractivity contribution in [3.63, 3.8) is 0 Å². The molecule has 1 aliphatic rings. The first kappa shape index (κ1) is 18.5. The van der Waals surface area contributed by atoms with E-state index in [1.807, 2.05) is 13.8 Å². The number of carbonyl (C=O) groups excluding carboxylic acids is 4. The Morgan fingerprint density at radius 1 is 0.926 bits per heavy atom. The van der Waals surface area contributed by atoms with Gasteiger partial charge in [-0.25, -0.2) is 0 Å². The standard InChI is InChI=1S/C21H20N2O4/c1-12(2)11-23-20(26)17-9-6-15(10-18(17)21(23)27)19(25)22-16-7-4-14(5-8-16)13(3)24/h4-10,12H,11H2,1-3H3,(H,22,25). The molecule has 1 heterocycles. The van der Waals surface area contributed by atoms with Gasteiger partial charge in [0.05, 0.1) is 11.1 Å². The summed E-state index contributed by atoms with van der Waals surface area (Å²) >= 11 is 0. The summed E-state index contributed by atoms with van der Waals surface area (Å²) in [5.41, 5.74) is 1.95. The first-order valence-corrected chi connectivity index (χ1v) is 8.70. The highest BCUT2D eigenvalue weighted by atomic mass is 16.2. The molecule has 0 aromatic heterocycles. The average molecular weight is 364 g/mol. The van der Waals surface area contributed by atoms with Gasteiger partial charge in [-0.3, -0.25) is 24.1 Å². The Kier molecular flexibility index (Phi) is 4.90. The lowest BCUT2D eigenvalue weighted by Crippen LogP contribution is -2.33. The summed E-state index contributed by atoms with van der Waals surface area (Å²) < 4.78 is 0. The molecule has 0 saturated heterocycles. The van der Waals surface area contributed by atoms with Crippen molar-refractivity contribution in [1.29, 1.82) is 0 Å². The number of nitrogens with one attached hydrogen (secondary N) is 1. The number of benzene rings is 2. The van der Waals surface area contributed by atoms with Crippen molar-refractivity contribution in [2.75, 3.05) is 11.9 Å². The minimum atomic E-state index is -0.393. The van der Waals surface area contributed by atoms with E-state index >= 15 is 0 Å². The summed E-state index contributed by atoms with van der Waals surface area (Å²) in [7, 11) is 0. The molecule has 0 fully saturated rings. The van der Waals surface area contributed by atoms with Crippen LogP contribution in [0.5, 0.6) is 0 Å². The van der Waals surface area contributed by atoms with Gasteiger partial charge in [0.25, 0.3) is 17.7 Å². The third kappa shape index (κ3) is 3.65. The second-order valence-corrected chi connectivity index (χ2v) is 6.96. The SMILES string of the molecule is CC(=O)c1ccc(NC(=O)c2ccc3c(c2)C(=O)N(CC(C)C)C3=O)cc1. The molecular formula is C21H20N2O4. The van der Waals surface area contributed by atoms with Crippen molar-refractivity contribution in [2.24, 2.45) is 5.92 Å². The minimum Gasteiger partial charge on any atom is -0.322 e. The number of nitrogens with zero attached hydrogens (tertiary/aromatic N) is 1. The number of fused-ring (bicyclic) bond motifs is 1. The van der Waals surface area contributed by atoms with Crippen molar-refractivity contribution in [3.8, 4) is 0 Å². The molecule has 6 nitrogen and oxygen atoms in total. The predicted molar refractivity (Wildman–Crippen MR) is 101 cm³/mol. The van der Waals surface area contributed by atoms with Crippen LogP contribution in [0.3, 0.4) is 0 Å². The van der Waals surface area contributed by atoms with Crippen LogP contribution in [0.1, 0.15) is 62.2 Å². The van der Waals surface area contributed by atoms with Crippen molar-refractivity contribution >= 4 is 29.2 Å². The molecule has 0 saturated carbocycles. The molecule has 0 bridgehead atoms. The minimum absolute atomic E-state index is 0.0550. The lowest BCUT2D eigenvalue weighted by Gasteiger charge is -2.15. The van der Waals surface area contributed by atoms with Gasteiger partial charge in [0, 0.05) is 23.4 Å². The second-order valence-electron chi connectivity index (χ2n) is 6.96. The molecule has 1 N–H and O–H groups in total. The number of hydrogen-bond acceptors (Lipinski definition) is 4. The molecule has 1 aliphatic heterocycles. The quantitative estimate of drug-likeness (QED) is 0.651. The molecule has 0 atom stereocenters. The number of Topliss-reactive ketones (excluding diaryl/α,β-unsaturated/α-hetero) is 1. The van der Waals surface area contributed by atoms with E-state index in [-0.39, 0.29) is 34.6 Å². The Morgan fingerprint density at radius 3 is 2.11 bits per heavy atom. The highest BCUT2D eigenvalue weighted by Crippen LogP contribution is 2.25. The smallest absolute Gasteiger partial charge is 0.261 e. The van der Waals surface area contributed by atoms with Crippen LogP contribution in [-0.2, 0) is 0 Å². The molecule has 0 radical (unpaired) electrons. The zero-order valence-electron chi connectivity index (χ0n) is 15.4. The first-order valence-electron chi connectivity index (χ1n) is 8.70. The van der Waals surface area contributed by atoms with Crippen molar-refractivity contribution in [2.45, 2.75) is 20.8 Å². The Balaban J connectivity index is 1.80. The summed E-state index contributed by atoms with van der Waals surface area (Å²) in [5.74, 6) is -0.982. The predicted octanol–water partition coefficient (Wildman–Crippen LogP) is 3.39. The maximum absolute atomic E-state index is 12.5. The van der Waals surface area contributed by atoms with E-state index < -0.39 is 5.91 Å². The van der Waals surface area contributed by atoms with E-state index in [4.69, 9.17) is 0 Å². The second kappa shape index (κ2) is 7.15. The number of hydrogen-bond donors (Lipinski definition) is 1. The maximum atomic E-state index is 12.5. The van der Waals surface area contributed by atoms with Crippen LogP contribution in [-0.4, -0.2) is 34.9 Å². The van der Waals surface area contributed by atoms with Gasteiger partial charge in [-0.2, -0.15) is 0 Å². The van der Waals surface area contributed by atoms with Gasteiger partial charge in [0.2, 0.25) is 0 Å². The van der Waals surface area contributed by atoms with E-state index in [9.17, 15) is 19.2 Å². The van der Waals surface area contributed by atoms with Gasteiger partial charge < -0.3 is 5.32 Å². The van der Waals surface area contributed by atoms with Crippen molar-refractivity contribution in [1.82, 2.24) is 4.90 Å². The molecule has 3 rings (SSSR count). The number of amides is 3. The molecule has 0 unspecified atom stereocenters. The molecule has 138 valence electrons. The summed E-state index contributed by atoms with van der Waals surface area (Å²) in [6, 6.07) is 11.0. The number of carbonyl (C=O) groups is 4. The third-order valence-electron chi connectivity index (χ3n) is 4.33. The van der Waals surface area contributed by atoms with E-state index in [2.05, 4.69) is 5.32 Å². The number of ketones is 1. The summed E-state index contributed by atoms with van der Waals surface area (Å²) in [4.78, 5) is 49.9. The molecular weight excluding hydrogens is 344 g/mol. The summed E-state index contributed by atoms with van der Waals surface area (Å²) in [5, 5.41) is 2.72. The highest BCUT2D eigenvalue weighted by molar-refractivity contribution is 6.22. The molecule has 2 aromatic carbocycles. The lowest BCUT2D eigenvalue weighted by molar-refractivity contribution is 0.0635. The summed E-state index contributed by atoms with van der Waals surface area (Å²) in [6.07, 6.45) is 0. The lowest BCUT2D eigenvalue weighted by atomic mass is 10.1. The molecule has 3 amide bonds. The normalized spacial score (nSPS) is 13.1. The van der Waals surface area contributed by atoms with Crippen molar-refractivity contribution in [3.05, 3.63) is 64.7 Å². The molecule has 27 heavy (non-hydrogen) atoms. The fraction of sp³-hybridized carbons (Fsp3) is 0.238. The molecule has 6 heteroatoms. The highest BCUT2D eigenvalue weighted by Gasteiger charge is 2.36. The van der Waals surface area contributed by atoms with Gasteiger partial charge in [0.15, 0.2) is 5.78 Å². The van der Waals surface area contributed by atoms with Crippen LogP contribution in [0, 0.1) is 5.92 Å². The van der Waals surface area contributed by atoms with Crippen LogP contribution in [0.15, 0.2) is 42.5 Å². The van der Waals surface area contributed by atoms with Gasteiger partial charge in [0.1, 0.15) is 0 Å². The molecule has 2 aromatic rings. The van der Waals surface area contributed by atoms with Gasteiger partial charge in [-0.05, 0) is 55.3 Å². The fourth-order valence-corrected chi connectivity index (χ4v) is 2.95. The maximum Gasteiger partial charge on any atom is 0.261 e. The Labute approximate surface area is 157 Å². The number of anilines is 1.